The molecule has 3 rings (SSSR count). The van der Waals surface area contributed by atoms with Gasteiger partial charge in [-0.25, -0.2) is 0 Å². The zero-order chi connectivity index (χ0) is 16.9. The fraction of sp³-hybridized carbons (Fsp3) is 0.500. The molecular formula is C18H22ClN3O2. The number of aromatic nitrogens is 2. The SMILES string of the molecule is C[C@H]1CCCC[C@@H]1NC(=O)CCc1nc(-c2ccc(Cl)cc2)no1. The second-order valence-electron chi connectivity index (χ2n) is 6.45. The molecule has 128 valence electrons. The van der Waals surface area contributed by atoms with Gasteiger partial charge in [-0.15, -0.1) is 0 Å². The summed E-state index contributed by atoms with van der Waals surface area (Å²) in [6.07, 6.45) is 5.55. The van der Waals surface area contributed by atoms with E-state index in [1.807, 2.05) is 12.1 Å². The monoisotopic (exact) mass is 347 g/mol. The number of hydrogen-bond acceptors (Lipinski definition) is 4. The molecule has 24 heavy (non-hydrogen) atoms. The molecule has 6 heteroatoms. The summed E-state index contributed by atoms with van der Waals surface area (Å²) in [4.78, 5) is 16.5. The highest BCUT2D eigenvalue weighted by Crippen LogP contribution is 2.24. The third-order valence-electron chi connectivity index (χ3n) is 4.59. The first-order valence-corrected chi connectivity index (χ1v) is 8.87. The first-order valence-electron chi connectivity index (χ1n) is 8.49. The maximum atomic E-state index is 12.1. The highest BCUT2D eigenvalue weighted by molar-refractivity contribution is 6.30. The number of nitrogens with one attached hydrogen (secondary N) is 1. The number of halogens is 1. The van der Waals surface area contributed by atoms with Gasteiger partial charge in [-0.05, 0) is 43.0 Å². The van der Waals surface area contributed by atoms with Gasteiger partial charge in [-0.3, -0.25) is 4.79 Å². The van der Waals surface area contributed by atoms with Gasteiger partial charge in [0.15, 0.2) is 0 Å². The molecule has 1 aliphatic carbocycles. The van der Waals surface area contributed by atoms with Crippen molar-refractivity contribution >= 4 is 17.5 Å². The van der Waals surface area contributed by atoms with Crippen molar-refractivity contribution < 1.29 is 9.32 Å². The maximum absolute atomic E-state index is 12.1. The third-order valence-corrected chi connectivity index (χ3v) is 4.85. The van der Waals surface area contributed by atoms with Gasteiger partial charge in [-0.2, -0.15) is 4.98 Å². The summed E-state index contributed by atoms with van der Waals surface area (Å²) in [5.41, 5.74) is 0.842. The molecule has 1 saturated carbocycles. The Labute approximate surface area is 146 Å². The van der Waals surface area contributed by atoms with Gasteiger partial charge >= 0.3 is 0 Å². The Kier molecular flexibility index (Phi) is 5.51. The Morgan fingerprint density at radius 2 is 2.04 bits per heavy atom. The zero-order valence-corrected chi connectivity index (χ0v) is 14.6. The lowest BCUT2D eigenvalue weighted by Crippen LogP contribution is -2.41. The smallest absolute Gasteiger partial charge is 0.227 e. The van der Waals surface area contributed by atoms with E-state index in [0.29, 0.717) is 41.5 Å². The Hall–Kier alpha value is -1.88. The summed E-state index contributed by atoms with van der Waals surface area (Å²) in [7, 11) is 0. The Morgan fingerprint density at radius 1 is 1.29 bits per heavy atom. The van der Waals surface area contributed by atoms with Crippen LogP contribution >= 0.6 is 11.6 Å². The lowest BCUT2D eigenvalue weighted by molar-refractivity contribution is -0.122. The van der Waals surface area contributed by atoms with Gasteiger partial charge in [0.2, 0.25) is 17.6 Å². The number of aryl methyl sites for hydroxylation is 1. The fourth-order valence-corrected chi connectivity index (χ4v) is 3.23. The predicted octanol–water partition coefficient (Wildman–Crippen LogP) is 4.02. The largest absolute Gasteiger partial charge is 0.353 e. The van der Waals surface area contributed by atoms with Crippen LogP contribution in [0.15, 0.2) is 28.8 Å². The number of nitrogens with zero attached hydrogens (tertiary/aromatic N) is 2. The van der Waals surface area contributed by atoms with Crippen molar-refractivity contribution in [1.29, 1.82) is 0 Å². The number of amides is 1. The lowest BCUT2D eigenvalue weighted by Gasteiger charge is -2.29. The molecule has 0 bridgehead atoms. The molecule has 0 spiro atoms. The highest BCUT2D eigenvalue weighted by atomic mass is 35.5. The molecule has 1 aromatic heterocycles. The van der Waals surface area contributed by atoms with Crippen molar-refractivity contribution in [2.24, 2.45) is 5.92 Å². The van der Waals surface area contributed by atoms with E-state index < -0.39 is 0 Å². The molecule has 1 aliphatic rings. The normalized spacial score (nSPS) is 20.8. The number of benzene rings is 1. The average Bonchev–Trinajstić information content (AvgIpc) is 3.05. The van der Waals surface area contributed by atoms with Crippen LogP contribution < -0.4 is 5.32 Å². The molecular weight excluding hydrogens is 326 g/mol. The third kappa shape index (κ3) is 4.35. The van der Waals surface area contributed by atoms with Crippen LogP contribution in [0, 0.1) is 5.92 Å². The van der Waals surface area contributed by atoms with E-state index in [1.54, 1.807) is 12.1 Å². The van der Waals surface area contributed by atoms with Crippen LogP contribution in [0.3, 0.4) is 0 Å². The van der Waals surface area contributed by atoms with Crippen LogP contribution in [0.2, 0.25) is 5.02 Å². The van der Waals surface area contributed by atoms with Gasteiger partial charge in [0, 0.05) is 29.5 Å². The van der Waals surface area contributed by atoms with E-state index in [-0.39, 0.29) is 5.91 Å². The van der Waals surface area contributed by atoms with E-state index in [2.05, 4.69) is 22.4 Å². The van der Waals surface area contributed by atoms with E-state index in [9.17, 15) is 4.79 Å². The molecule has 1 amide bonds. The van der Waals surface area contributed by atoms with Crippen LogP contribution in [-0.2, 0) is 11.2 Å². The molecule has 1 N–H and O–H groups in total. The van der Waals surface area contributed by atoms with Gasteiger partial charge < -0.3 is 9.84 Å². The topological polar surface area (TPSA) is 68.0 Å². The molecule has 2 atom stereocenters. The summed E-state index contributed by atoms with van der Waals surface area (Å²) in [6.45, 7) is 2.21. The van der Waals surface area contributed by atoms with Crippen molar-refractivity contribution in [2.75, 3.05) is 0 Å². The summed E-state index contributed by atoms with van der Waals surface area (Å²) >= 11 is 5.87. The van der Waals surface area contributed by atoms with Crippen LogP contribution in [0.25, 0.3) is 11.4 Å². The van der Waals surface area contributed by atoms with E-state index in [4.69, 9.17) is 16.1 Å². The molecule has 0 unspecified atom stereocenters. The summed E-state index contributed by atoms with van der Waals surface area (Å²) in [6, 6.07) is 7.55. The number of hydrogen-bond donors (Lipinski definition) is 1. The van der Waals surface area contributed by atoms with Crippen LogP contribution in [0.4, 0.5) is 0 Å². The summed E-state index contributed by atoms with van der Waals surface area (Å²) in [5, 5.41) is 7.76. The molecule has 5 nitrogen and oxygen atoms in total. The van der Waals surface area contributed by atoms with Crippen molar-refractivity contribution in [2.45, 2.75) is 51.5 Å². The molecule has 2 aromatic rings. The molecule has 1 fully saturated rings. The van der Waals surface area contributed by atoms with Gasteiger partial charge in [0.25, 0.3) is 0 Å². The molecule has 1 aromatic carbocycles. The van der Waals surface area contributed by atoms with E-state index in [0.717, 1.165) is 12.0 Å². The molecule has 0 saturated heterocycles. The second kappa shape index (κ2) is 7.79. The minimum Gasteiger partial charge on any atom is -0.353 e. The molecule has 1 heterocycles. The lowest BCUT2D eigenvalue weighted by atomic mass is 9.86. The van der Waals surface area contributed by atoms with E-state index in [1.165, 1.54) is 19.3 Å². The van der Waals surface area contributed by atoms with Crippen LogP contribution in [-0.4, -0.2) is 22.1 Å². The van der Waals surface area contributed by atoms with Crippen molar-refractivity contribution in [3.05, 3.63) is 35.2 Å². The average molecular weight is 348 g/mol. The minimum atomic E-state index is 0.0555. The van der Waals surface area contributed by atoms with Crippen molar-refractivity contribution in [3.63, 3.8) is 0 Å². The number of carbonyl (C=O) groups is 1. The summed E-state index contributed by atoms with van der Waals surface area (Å²) < 4.78 is 5.24. The van der Waals surface area contributed by atoms with Crippen LogP contribution in [0.1, 0.15) is 44.9 Å². The quantitative estimate of drug-likeness (QED) is 0.887. The Balaban J connectivity index is 1.51. The van der Waals surface area contributed by atoms with Gasteiger partial charge in [-0.1, -0.05) is 36.5 Å². The van der Waals surface area contributed by atoms with E-state index >= 15 is 0 Å². The van der Waals surface area contributed by atoms with Crippen molar-refractivity contribution in [1.82, 2.24) is 15.5 Å². The first-order chi connectivity index (χ1) is 11.6. The molecule has 0 aliphatic heterocycles. The van der Waals surface area contributed by atoms with Gasteiger partial charge in [0.1, 0.15) is 0 Å². The highest BCUT2D eigenvalue weighted by Gasteiger charge is 2.22. The van der Waals surface area contributed by atoms with Gasteiger partial charge in [0.05, 0.1) is 0 Å². The first kappa shape index (κ1) is 17.0. The summed E-state index contributed by atoms with van der Waals surface area (Å²) in [5.74, 6) is 1.61. The minimum absolute atomic E-state index is 0.0555. The Morgan fingerprint density at radius 3 is 2.79 bits per heavy atom. The number of rotatable bonds is 5. The fourth-order valence-electron chi connectivity index (χ4n) is 3.10. The second-order valence-corrected chi connectivity index (χ2v) is 6.89. The Bertz CT molecular complexity index is 684. The molecule has 0 radical (unpaired) electrons. The predicted molar refractivity (Wildman–Crippen MR) is 92.6 cm³/mol. The van der Waals surface area contributed by atoms with Crippen LogP contribution in [0.5, 0.6) is 0 Å². The number of carbonyl (C=O) groups excluding carboxylic acids is 1. The maximum Gasteiger partial charge on any atom is 0.227 e. The standard InChI is InChI=1S/C18H22ClN3O2/c1-12-4-2-3-5-15(12)20-16(23)10-11-17-21-18(22-24-17)13-6-8-14(19)9-7-13/h6-9,12,15H,2-5,10-11H2,1H3,(H,20,23)/t12-,15-/m0/s1. The zero-order valence-electron chi connectivity index (χ0n) is 13.8. The van der Waals surface area contributed by atoms with Crippen molar-refractivity contribution in [3.8, 4) is 11.4 Å².